The number of nitrogens with zero attached hydrogens (tertiary/aromatic N) is 1. The van der Waals surface area contributed by atoms with Gasteiger partial charge in [0, 0.05) is 5.56 Å². The number of benzene rings is 2. The lowest BCUT2D eigenvalue weighted by atomic mass is 10.0. The maximum atomic E-state index is 6.08. The molecular weight excluding hydrogens is 294 g/mol. The summed E-state index contributed by atoms with van der Waals surface area (Å²) in [4.78, 5) is 0. The summed E-state index contributed by atoms with van der Waals surface area (Å²) in [5, 5.41) is 4.10. The van der Waals surface area contributed by atoms with E-state index < -0.39 is 0 Å². The van der Waals surface area contributed by atoms with Crippen molar-refractivity contribution in [2.24, 2.45) is 10.8 Å². The molecule has 0 radical (unpaired) electrons. The van der Waals surface area contributed by atoms with Gasteiger partial charge in [-0.25, -0.2) is 0 Å². The quantitative estimate of drug-likeness (QED) is 0.501. The number of para-hydroxylation sites is 2. The first-order valence-corrected chi connectivity index (χ1v) is 7.43. The zero-order chi connectivity index (χ0) is 15.9. The summed E-state index contributed by atoms with van der Waals surface area (Å²) in [6, 6.07) is 15.7. The van der Waals surface area contributed by atoms with E-state index in [9.17, 15) is 0 Å². The summed E-state index contributed by atoms with van der Waals surface area (Å²) in [6.07, 6.45) is 1.63. The lowest BCUT2D eigenvalue weighted by Gasteiger charge is -2.14. The van der Waals surface area contributed by atoms with Gasteiger partial charge in [0.05, 0.1) is 6.21 Å². The number of thiocarbonyl (C=S) groups is 1. The molecule has 3 N–H and O–H groups in total. The van der Waals surface area contributed by atoms with Gasteiger partial charge in [-0.2, -0.15) is 5.10 Å². The van der Waals surface area contributed by atoms with Gasteiger partial charge in [0.1, 0.15) is 11.5 Å². The largest absolute Gasteiger partial charge is 0.456 e. The molecule has 0 fully saturated rings. The van der Waals surface area contributed by atoms with Crippen molar-refractivity contribution in [3.63, 3.8) is 0 Å². The zero-order valence-corrected chi connectivity index (χ0v) is 13.4. The van der Waals surface area contributed by atoms with Gasteiger partial charge >= 0.3 is 0 Å². The first kappa shape index (κ1) is 16.0. The Labute approximate surface area is 136 Å². The second-order valence-electron chi connectivity index (χ2n) is 5.07. The third kappa shape index (κ3) is 4.30. The lowest BCUT2D eigenvalue weighted by molar-refractivity contribution is 0.472. The Morgan fingerprint density at radius 3 is 2.45 bits per heavy atom. The number of hydrazone groups is 1. The molecule has 4 nitrogen and oxygen atoms in total. The number of hydrogen-bond donors (Lipinski definition) is 2. The summed E-state index contributed by atoms with van der Waals surface area (Å²) in [5.41, 5.74) is 9.88. The summed E-state index contributed by atoms with van der Waals surface area (Å²) < 4.78 is 6.08. The van der Waals surface area contributed by atoms with Crippen LogP contribution in [0.1, 0.15) is 30.9 Å². The van der Waals surface area contributed by atoms with Gasteiger partial charge in [-0.05, 0) is 41.9 Å². The molecule has 5 heteroatoms. The smallest absolute Gasteiger partial charge is 0.184 e. The Bertz CT molecular complexity index is 683. The Morgan fingerprint density at radius 1 is 1.14 bits per heavy atom. The predicted octanol–water partition coefficient (Wildman–Crippen LogP) is 3.77. The van der Waals surface area contributed by atoms with Crippen molar-refractivity contribution in [3.8, 4) is 11.5 Å². The van der Waals surface area contributed by atoms with Crippen LogP contribution in [0, 0.1) is 0 Å². The van der Waals surface area contributed by atoms with Crippen LogP contribution in [0.2, 0.25) is 0 Å². The molecule has 0 aromatic heterocycles. The molecule has 2 aromatic carbocycles. The first-order chi connectivity index (χ1) is 10.6. The molecule has 2 aromatic rings. The molecule has 0 aliphatic rings. The minimum Gasteiger partial charge on any atom is -0.456 e. The number of ether oxygens (including phenoxy) is 1. The summed E-state index contributed by atoms with van der Waals surface area (Å²) in [7, 11) is 0. The maximum Gasteiger partial charge on any atom is 0.184 e. The third-order valence-corrected chi connectivity index (χ3v) is 3.15. The second-order valence-corrected chi connectivity index (χ2v) is 5.51. The van der Waals surface area contributed by atoms with Gasteiger partial charge in [-0.3, -0.25) is 5.43 Å². The van der Waals surface area contributed by atoms with Crippen molar-refractivity contribution >= 4 is 23.5 Å². The van der Waals surface area contributed by atoms with Crippen LogP contribution >= 0.6 is 12.2 Å². The summed E-state index contributed by atoms with van der Waals surface area (Å²) >= 11 is 4.72. The molecule has 0 heterocycles. The molecule has 0 bridgehead atoms. The van der Waals surface area contributed by atoms with Crippen LogP contribution in [0.3, 0.4) is 0 Å². The van der Waals surface area contributed by atoms with Crippen LogP contribution in [-0.2, 0) is 0 Å². The fraction of sp³-hybridized carbons (Fsp3) is 0.176. The highest BCUT2D eigenvalue weighted by molar-refractivity contribution is 7.80. The van der Waals surface area contributed by atoms with Gasteiger partial charge in [0.15, 0.2) is 5.11 Å². The standard InChI is InChI=1S/C17H19N3OS/c1-12(2)14-8-4-6-10-16(14)21-15-9-5-3-7-13(15)11-19-20-17(18)22/h3-12H,1-2H3,(H3,18,20,22). The minimum absolute atomic E-state index is 0.125. The summed E-state index contributed by atoms with van der Waals surface area (Å²) in [5.74, 6) is 1.96. The molecule has 0 amide bonds. The molecular formula is C17H19N3OS. The fourth-order valence-corrected chi connectivity index (χ4v) is 2.07. The van der Waals surface area contributed by atoms with Crippen LogP contribution in [0.25, 0.3) is 0 Å². The van der Waals surface area contributed by atoms with E-state index >= 15 is 0 Å². The Balaban J connectivity index is 2.27. The van der Waals surface area contributed by atoms with Gasteiger partial charge in [-0.15, -0.1) is 0 Å². The van der Waals surface area contributed by atoms with Crippen molar-refractivity contribution in [1.82, 2.24) is 5.43 Å². The predicted molar refractivity (Wildman–Crippen MR) is 94.6 cm³/mol. The second kappa shape index (κ2) is 7.56. The monoisotopic (exact) mass is 313 g/mol. The van der Waals surface area contributed by atoms with Gasteiger partial charge < -0.3 is 10.5 Å². The van der Waals surface area contributed by atoms with Crippen molar-refractivity contribution in [3.05, 3.63) is 59.7 Å². The fourth-order valence-electron chi connectivity index (χ4n) is 2.01. The van der Waals surface area contributed by atoms with Gasteiger partial charge in [0.2, 0.25) is 0 Å². The topological polar surface area (TPSA) is 59.6 Å². The van der Waals surface area contributed by atoms with Crippen LogP contribution in [-0.4, -0.2) is 11.3 Å². The van der Waals surface area contributed by atoms with E-state index in [-0.39, 0.29) is 5.11 Å². The Kier molecular flexibility index (Phi) is 5.49. The molecule has 114 valence electrons. The van der Waals surface area contributed by atoms with E-state index in [1.54, 1.807) is 6.21 Å². The van der Waals surface area contributed by atoms with Gasteiger partial charge in [0.25, 0.3) is 0 Å². The van der Waals surface area contributed by atoms with Gasteiger partial charge in [-0.1, -0.05) is 44.2 Å². The number of hydrogen-bond acceptors (Lipinski definition) is 3. The maximum absolute atomic E-state index is 6.08. The van der Waals surface area contributed by atoms with E-state index in [1.807, 2.05) is 42.5 Å². The number of nitrogens with one attached hydrogen (secondary N) is 1. The minimum atomic E-state index is 0.125. The first-order valence-electron chi connectivity index (χ1n) is 7.02. The highest BCUT2D eigenvalue weighted by atomic mass is 32.1. The third-order valence-electron chi connectivity index (χ3n) is 3.06. The van der Waals surface area contributed by atoms with E-state index in [2.05, 4.69) is 30.4 Å². The Hall–Kier alpha value is -2.40. The zero-order valence-electron chi connectivity index (χ0n) is 12.6. The van der Waals surface area contributed by atoms with Crippen molar-refractivity contribution < 1.29 is 4.74 Å². The van der Waals surface area contributed by atoms with E-state index in [4.69, 9.17) is 22.7 Å². The van der Waals surface area contributed by atoms with E-state index in [0.717, 1.165) is 22.6 Å². The highest BCUT2D eigenvalue weighted by Crippen LogP contribution is 2.31. The van der Waals surface area contributed by atoms with Crippen LogP contribution < -0.4 is 15.9 Å². The summed E-state index contributed by atoms with van der Waals surface area (Å²) in [6.45, 7) is 4.28. The molecule has 0 unspecified atom stereocenters. The Morgan fingerprint density at radius 2 is 1.77 bits per heavy atom. The average Bonchev–Trinajstić information content (AvgIpc) is 2.49. The lowest BCUT2D eigenvalue weighted by Crippen LogP contribution is -2.24. The van der Waals surface area contributed by atoms with E-state index in [1.165, 1.54) is 0 Å². The molecule has 22 heavy (non-hydrogen) atoms. The van der Waals surface area contributed by atoms with Crippen LogP contribution in [0.5, 0.6) is 11.5 Å². The van der Waals surface area contributed by atoms with Crippen molar-refractivity contribution in [1.29, 1.82) is 0 Å². The molecule has 0 spiro atoms. The van der Waals surface area contributed by atoms with Crippen LogP contribution in [0.15, 0.2) is 53.6 Å². The molecule has 0 aliphatic heterocycles. The van der Waals surface area contributed by atoms with Crippen molar-refractivity contribution in [2.45, 2.75) is 19.8 Å². The molecule has 0 aliphatic carbocycles. The number of nitrogens with two attached hydrogens (primary N) is 1. The molecule has 0 atom stereocenters. The number of rotatable bonds is 5. The molecule has 0 saturated carbocycles. The SMILES string of the molecule is CC(C)c1ccccc1Oc1ccccc1C=NNC(N)=S. The molecule has 0 saturated heterocycles. The van der Waals surface area contributed by atoms with E-state index in [0.29, 0.717) is 5.92 Å². The average molecular weight is 313 g/mol. The molecule has 2 rings (SSSR count). The van der Waals surface area contributed by atoms with Crippen LogP contribution in [0.4, 0.5) is 0 Å². The normalized spacial score (nSPS) is 10.9. The van der Waals surface area contributed by atoms with Crippen molar-refractivity contribution in [2.75, 3.05) is 0 Å². The highest BCUT2D eigenvalue weighted by Gasteiger charge is 2.09.